The van der Waals surface area contributed by atoms with Crippen molar-refractivity contribution in [2.24, 2.45) is 4.99 Å². The number of allylic oxidation sites excluding steroid dienone is 2. The van der Waals surface area contributed by atoms with Gasteiger partial charge in [0.15, 0.2) is 0 Å². The standard InChI is InChI=1S/C17H19ClN4/c1-5-6-11(2)10-15(19-4)21-16-13-9-12(3)7-8-14(13)20-17(18)22-16/h5,7-10H,1,6H2,2-4H3,(H,19,20,21,22)/b11-10+. The summed E-state index contributed by atoms with van der Waals surface area (Å²) in [5, 5.41) is 4.36. The number of nitrogens with zero attached hydrogens (tertiary/aromatic N) is 3. The van der Waals surface area contributed by atoms with Crippen LogP contribution in [0.4, 0.5) is 5.82 Å². The number of hydrogen-bond acceptors (Lipinski definition) is 3. The molecule has 0 aliphatic rings. The number of amidine groups is 1. The van der Waals surface area contributed by atoms with Crippen LogP contribution in [0.3, 0.4) is 0 Å². The average Bonchev–Trinajstić information content (AvgIpc) is 2.47. The second-order valence-electron chi connectivity index (χ2n) is 5.08. The maximum absolute atomic E-state index is 6.01. The van der Waals surface area contributed by atoms with Crippen molar-refractivity contribution in [3.8, 4) is 0 Å². The number of halogens is 1. The zero-order valence-electron chi connectivity index (χ0n) is 13.0. The third kappa shape index (κ3) is 3.92. The normalized spacial score (nSPS) is 12.5. The molecule has 0 unspecified atom stereocenters. The van der Waals surface area contributed by atoms with E-state index >= 15 is 0 Å². The van der Waals surface area contributed by atoms with Crippen LogP contribution in [0.2, 0.25) is 5.28 Å². The third-order valence-corrected chi connectivity index (χ3v) is 3.33. The number of anilines is 1. The molecule has 0 spiro atoms. The van der Waals surface area contributed by atoms with Crippen LogP contribution in [0.5, 0.6) is 0 Å². The zero-order valence-corrected chi connectivity index (χ0v) is 13.8. The third-order valence-electron chi connectivity index (χ3n) is 3.16. The number of nitrogens with one attached hydrogen (secondary N) is 1. The van der Waals surface area contributed by atoms with Gasteiger partial charge in [-0.3, -0.25) is 4.99 Å². The second kappa shape index (κ2) is 7.18. The Bertz CT molecular complexity index is 763. The van der Waals surface area contributed by atoms with Gasteiger partial charge in [-0.25, -0.2) is 4.98 Å². The van der Waals surface area contributed by atoms with Crippen LogP contribution in [-0.2, 0) is 0 Å². The molecular formula is C17H19ClN4. The van der Waals surface area contributed by atoms with Crippen LogP contribution in [0.1, 0.15) is 18.9 Å². The summed E-state index contributed by atoms with van der Waals surface area (Å²) in [4.78, 5) is 12.8. The molecule has 114 valence electrons. The Morgan fingerprint density at radius 2 is 2.18 bits per heavy atom. The molecular weight excluding hydrogens is 296 g/mol. The lowest BCUT2D eigenvalue weighted by molar-refractivity contribution is 1.21. The summed E-state index contributed by atoms with van der Waals surface area (Å²) in [5.41, 5.74) is 3.09. The molecule has 22 heavy (non-hydrogen) atoms. The van der Waals surface area contributed by atoms with E-state index in [1.807, 2.05) is 44.2 Å². The molecule has 0 aliphatic heterocycles. The summed E-state index contributed by atoms with van der Waals surface area (Å²) in [7, 11) is 1.73. The molecule has 0 atom stereocenters. The van der Waals surface area contributed by atoms with Gasteiger partial charge in [0.25, 0.3) is 0 Å². The van der Waals surface area contributed by atoms with Crippen molar-refractivity contribution >= 4 is 34.2 Å². The molecule has 0 bridgehead atoms. The molecule has 1 aromatic carbocycles. The Kier molecular flexibility index (Phi) is 5.28. The van der Waals surface area contributed by atoms with E-state index in [1.165, 1.54) is 0 Å². The highest BCUT2D eigenvalue weighted by atomic mass is 35.5. The van der Waals surface area contributed by atoms with Gasteiger partial charge in [-0.05, 0) is 50.1 Å². The Labute approximate surface area is 135 Å². The minimum absolute atomic E-state index is 0.209. The lowest BCUT2D eigenvalue weighted by atomic mass is 10.1. The van der Waals surface area contributed by atoms with Crippen LogP contribution in [0, 0.1) is 6.92 Å². The van der Waals surface area contributed by atoms with E-state index in [4.69, 9.17) is 11.6 Å². The fourth-order valence-electron chi connectivity index (χ4n) is 2.11. The Hall–Kier alpha value is -2.20. The number of benzene rings is 1. The SMILES string of the molecule is C=CC/C(C)=C/C(=NC)Nc1nc(Cl)nc2ccc(C)cc12. The lowest BCUT2D eigenvalue weighted by Crippen LogP contribution is -2.12. The predicted molar refractivity (Wildman–Crippen MR) is 94.8 cm³/mol. The summed E-state index contributed by atoms with van der Waals surface area (Å²) in [5.74, 6) is 1.37. The number of aromatic nitrogens is 2. The van der Waals surface area contributed by atoms with E-state index in [2.05, 4.69) is 26.9 Å². The van der Waals surface area contributed by atoms with Crippen molar-refractivity contribution < 1.29 is 0 Å². The number of aliphatic imine (C=N–C) groups is 1. The van der Waals surface area contributed by atoms with E-state index in [0.29, 0.717) is 5.82 Å². The molecule has 1 heterocycles. The highest BCUT2D eigenvalue weighted by Crippen LogP contribution is 2.23. The van der Waals surface area contributed by atoms with Crippen molar-refractivity contribution in [2.45, 2.75) is 20.3 Å². The Morgan fingerprint density at radius 3 is 2.86 bits per heavy atom. The number of rotatable bonds is 4. The van der Waals surface area contributed by atoms with Gasteiger partial charge in [-0.2, -0.15) is 4.98 Å². The monoisotopic (exact) mass is 314 g/mol. The van der Waals surface area contributed by atoms with Crippen molar-refractivity contribution in [1.82, 2.24) is 9.97 Å². The minimum Gasteiger partial charge on any atom is -0.325 e. The van der Waals surface area contributed by atoms with Gasteiger partial charge in [-0.15, -0.1) is 6.58 Å². The van der Waals surface area contributed by atoms with Crippen molar-refractivity contribution in [2.75, 3.05) is 12.4 Å². The second-order valence-corrected chi connectivity index (χ2v) is 5.42. The summed E-state index contributed by atoms with van der Waals surface area (Å²) >= 11 is 6.01. The maximum Gasteiger partial charge on any atom is 0.224 e. The van der Waals surface area contributed by atoms with Crippen molar-refractivity contribution in [3.05, 3.63) is 53.4 Å². The van der Waals surface area contributed by atoms with Gasteiger partial charge >= 0.3 is 0 Å². The molecule has 5 heteroatoms. The molecule has 2 rings (SSSR count). The van der Waals surface area contributed by atoms with Crippen LogP contribution in [-0.4, -0.2) is 22.9 Å². The largest absolute Gasteiger partial charge is 0.325 e. The first-order valence-corrected chi connectivity index (χ1v) is 7.37. The van der Waals surface area contributed by atoms with E-state index in [9.17, 15) is 0 Å². The topological polar surface area (TPSA) is 50.2 Å². The fraction of sp³-hybridized carbons (Fsp3) is 0.235. The Morgan fingerprint density at radius 1 is 1.41 bits per heavy atom. The highest BCUT2D eigenvalue weighted by Gasteiger charge is 2.08. The lowest BCUT2D eigenvalue weighted by Gasteiger charge is -2.10. The first-order valence-electron chi connectivity index (χ1n) is 6.99. The molecule has 0 radical (unpaired) electrons. The molecule has 0 saturated carbocycles. The molecule has 4 nitrogen and oxygen atoms in total. The van der Waals surface area contributed by atoms with Gasteiger partial charge in [0.05, 0.1) is 5.52 Å². The van der Waals surface area contributed by atoms with Gasteiger partial charge in [-0.1, -0.05) is 23.3 Å². The van der Waals surface area contributed by atoms with E-state index in [-0.39, 0.29) is 5.28 Å². The summed E-state index contributed by atoms with van der Waals surface area (Å²) in [6.45, 7) is 7.80. The number of fused-ring (bicyclic) bond motifs is 1. The zero-order chi connectivity index (χ0) is 16.1. The summed E-state index contributed by atoms with van der Waals surface area (Å²) < 4.78 is 0. The highest BCUT2D eigenvalue weighted by molar-refractivity contribution is 6.29. The molecule has 0 fully saturated rings. The van der Waals surface area contributed by atoms with Crippen molar-refractivity contribution in [1.29, 1.82) is 0 Å². The van der Waals surface area contributed by atoms with Crippen LogP contribution in [0.25, 0.3) is 10.9 Å². The Balaban J connectivity index is 2.43. The minimum atomic E-state index is 0.209. The quantitative estimate of drug-likeness (QED) is 0.390. The summed E-state index contributed by atoms with van der Waals surface area (Å²) in [6.07, 6.45) is 4.64. The van der Waals surface area contributed by atoms with Crippen LogP contribution >= 0.6 is 11.6 Å². The van der Waals surface area contributed by atoms with Crippen LogP contribution < -0.4 is 5.32 Å². The summed E-state index contributed by atoms with van der Waals surface area (Å²) in [6, 6.07) is 5.96. The molecule has 1 N–H and O–H groups in total. The van der Waals surface area contributed by atoms with Gasteiger partial charge in [0.1, 0.15) is 11.7 Å². The number of aryl methyl sites for hydroxylation is 1. The fourth-order valence-corrected chi connectivity index (χ4v) is 2.28. The van der Waals surface area contributed by atoms with E-state index in [0.717, 1.165) is 34.3 Å². The molecule has 0 saturated heterocycles. The molecule has 0 aliphatic carbocycles. The van der Waals surface area contributed by atoms with Gasteiger partial charge < -0.3 is 5.32 Å². The van der Waals surface area contributed by atoms with Crippen LogP contribution in [0.15, 0.2) is 47.5 Å². The first kappa shape index (κ1) is 16.2. The van der Waals surface area contributed by atoms with E-state index in [1.54, 1.807) is 7.05 Å². The number of hydrogen-bond donors (Lipinski definition) is 1. The predicted octanol–water partition coefficient (Wildman–Crippen LogP) is 4.55. The molecule has 1 aromatic heterocycles. The molecule has 2 aromatic rings. The van der Waals surface area contributed by atoms with Gasteiger partial charge in [0, 0.05) is 12.4 Å². The average molecular weight is 315 g/mol. The maximum atomic E-state index is 6.01. The van der Waals surface area contributed by atoms with Gasteiger partial charge in [0.2, 0.25) is 5.28 Å². The van der Waals surface area contributed by atoms with E-state index < -0.39 is 0 Å². The first-order chi connectivity index (χ1) is 10.5. The molecule has 0 amide bonds. The van der Waals surface area contributed by atoms with Crippen molar-refractivity contribution in [3.63, 3.8) is 0 Å². The smallest absolute Gasteiger partial charge is 0.224 e.